The van der Waals surface area contributed by atoms with Gasteiger partial charge in [-0.1, -0.05) is 13.0 Å². The summed E-state index contributed by atoms with van der Waals surface area (Å²) in [4.78, 5) is 28.3. The topological polar surface area (TPSA) is 47.0 Å². The molecule has 0 saturated heterocycles. The van der Waals surface area contributed by atoms with E-state index in [1.807, 2.05) is 19.1 Å². The van der Waals surface area contributed by atoms with Gasteiger partial charge < -0.3 is 4.79 Å². The maximum atomic E-state index is 13.9. The SMILES string of the molecule is CC12CC(=O)CC1(CC=O)c1cccnc1-c1ccc(F)cc12. The molecule has 2 unspecified atom stereocenters. The molecule has 1 aromatic carbocycles. The molecule has 2 atom stereocenters. The molecule has 0 bridgehead atoms. The van der Waals surface area contributed by atoms with E-state index in [0.717, 1.165) is 28.7 Å². The Morgan fingerprint density at radius 2 is 2.09 bits per heavy atom. The first-order valence-corrected chi connectivity index (χ1v) is 7.73. The summed E-state index contributed by atoms with van der Waals surface area (Å²) in [7, 11) is 0. The minimum Gasteiger partial charge on any atom is -0.303 e. The molecular formula is C19H16FNO2. The summed E-state index contributed by atoms with van der Waals surface area (Å²) in [6.45, 7) is 1.98. The van der Waals surface area contributed by atoms with E-state index in [9.17, 15) is 14.0 Å². The Kier molecular flexibility index (Phi) is 2.83. The van der Waals surface area contributed by atoms with Gasteiger partial charge in [-0.2, -0.15) is 0 Å². The predicted molar refractivity (Wildman–Crippen MR) is 83.6 cm³/mol. The third kappa shape index (κ3) is 1.66. The van der Waals surface area contributed by atoms with Crippen LogP contribution in [-0.2, 0) is 20.4 Å². The minimum absolute atomic E-state index is 0.112. The lowest BCUT2D eigenvalue weighted by Gasteiger charge is -2.48. The number of fused-ring (bicyclic) bond motifs is 6. The van der Waals surface area contributed by atoms with Crippen LogP contribution in [-0.4, -0.2) is 17.1 Å². The molecular weight excluding hydrogens is 293 g/mol. The van der Waals surface area contributed by atoms with Crippen molar-refractivity contribution in [3.63, 3.8) is 0 Å². The summed E-state index contributed by atoms with van der Waals surface area (Å²) < 4.78 is 13.9. The molecule has 0 spiro atoms. The first kappa shape index (κ1) is 14.2. The lowest BCUT2D eigenvalue weighted by molar-refractivity contribution is -0.117. The smallest absolute Gasteiger partial charge is 0.134 e. The normalized spacial score (nSPS) is 28.0. The van der Waals surface area contributed by atoms with Crippen molar-refractivity contribution in [1.29, 1.82) is 0 Å². The van der Waals surface area contributed by atoms with Gasteiger partial charge in [0.25, 0.3) is 0 Å². The molecule has 23 heavy (non-hydrogen) atoms. The van der Waals surface area contributed by atoms with E-state index < -0.39 is 10.8 Å². The average Bonchev–Trinajstić information content (AvgIpc) is 2.80. The predicted octanol–water partition coefficient (Wildman–Crippen LogP) is 3.35. The Morgan fingerprint density at radius 3 is 2.87 bits per heavy atom. The van der Waals surface area contributed by atoms with Crippen LogP contribution in [0.15, 0.2) is 36.5 Å². The van der Waals surface area contributed by atoms with Gasteiger partial charge in [-0.05, 0) is 35.4 Å². The zero-order valence-electron chi connectivity index (χ0n) is 12.8. The maximum Gasteiger partial charge on any atom is 0.134 e. The maximum absolute atomic E-state index is 13.9. The van der Waals surface area contributed by atoms with Crippen molar-refractivity contribution in [2.24, 2.45) is 0 Å². The molecule has 0 aliphatic heterocycles. The monoisotopic (exact) mass is 309 g/mol. The zero-order chi connectivity index (χ0) is 16.2. The fraction of sp³-hybridized carbons (Fsp3) is 0.316. The molecule has 0 amide bonds. The van der Waals surface area contributed by atoms with Gasteiger partial charge in [0.1, 0.15) is 17.9 Å². The third-order valence-electron chi connectivity index (χ3n) is 5.69. The van der Waals surface area contributed by atoms with Crippen LogP contribution >= 0.6 is 0 Å². The summed E-state index contributed by atoms with van der Waals surface area (Å²) in [5.41, 5.74) is 2.13. The van der Waals surface area contributed by atoms with Gasteiger partial charge >= 0.3 is 0 Å². The second-order valence-electron chi connectivity index (χ2n) is 6.77. The number of ketones is 1. The number of nitrogens with zero attached hydrogens (tertiary/aromatic N) is 1. The summed E-state index contributed by atoms with van der Waals surface area (Å²) in [6, 6.07) is 8.45. The molecule has 1 saturated carbocycles. The largest absolute Gasteiger partial charge is 0.303 e. The summed E-state index contributed by atoms with van der Waals surface area (Å²) in [6.07, 6.45) is 3.43. The van der Waals surface area contributed by atoms with Crippen LogP contribution in [0, 0.1) is 5.82 Å². The number of pyridine rings is 1. The van der Waals surface area contributed by atoms with Gasteiger partial charge in [-0.25, -0.2) is 4.39 Å². The number of hydrogen-bond acceptors (Lipinski definition) is 3. The van der Waals surface area contributed by atoms with Gasteiger partial charge in [0.2, 0.25) is 0 Å². The highest BCUT2D eigenvalue weighted by molar-refractivity contribution is 5.91. The van der Waals surface area contributed by atoms with Crippen LogP contribution in [0.4, 0.5) is 4.39 Å². The van der Waals surface area contributed by atoms with E-state index in [1.54, 1.807) is 12.3 Å². The number of rotatable bonds is 2. The van der Waals surface area contributed by atoms with E-state index >= 15 is 0 Å². The van der Waals surface area contributed by atoms with E-state index in [2.05, 4.69) is 4.98 Å². The highest BCUT2D eigenvalue weighted by Gasteiger charge is 2.60. The number of carbonyl (C=O) groups is 2. The standard InChI is InChI=1S/C19H16FNO2/c1-18-10-13(23)11-19(18,6-8-22)15-3-2-7-21-17(15)14-5-4-12(20)9-16(14)18/h2-5,7-9H,6,10-11H2,1H3. The van der Waals surface area contributed by atoms with Crippen molar-refractivity contribution < 1.29 is 14.0 Å². The molecule has 2 aliphatic carbocycles. The number of aromatic nitrogens is 1. The van der Waals surface area contributed by atoms with Crippen molar-refractivity contribution in [3.8, 4) is 11.3 Å². The lowest BCUT2D eigenvalue weighted by atomic mass is 9.54. The van der Waals surface area contributed by atoms with E-state index in [0.29, 0.717) is 12.8 Å². The van der Waals surface area contributed by atoms with Crippen molar-refractivity contribution in [1.82, 2.24) is 4.98 Å². The van der Waals surface area contributed by atoms with E-state index in [-0.39, 0.29) is 18.0 Å². The number of carbonyl (C=O) groups excluding carboxylic acids is 2. The first-order valence-electron chi connectivity index (χ1n) is 7.73. The fourth-order valence-electron chi connectivity index (χ4n) is 4.64. The van der Waals surface area contributed by atoms with Gasteiger partial charge in [-0.15, -0.1) is 0 Å². The quantitative estimate of drug-likeness (QED) is 0.799. The van der Waals surface area contributed by atoms with Crippen molar-refractivity contribution in [2.45, 2.75) is 37.0 Å². The minimum atomic E-state index is -0.629. The molecule has 2 aliphatic rings. The highest BCUT2D eigenvalue weighted by Crippen LogP contribution is 2.61. The number of Topliss-reactive ketones (excluding diaryl/α,β-unsaturated/α-hetero) is 1. The van der Waals surface area contributed by atoms with Crippen LogP contribution in [0.5, 0.6) is 0 Å². The Labute approximate surface area is 133 Å². The Bertz CT molecular complexity index is 847. The highest BCUT2D eigenvalue weighted by atomic mass is 19.1. The molecule has 1 aromatic heterocycles. The number of halogens is 1. The van der Waals surface area contributed by atoms with Crippen molar-refractivity contribution in [3.05, 3.63) is 53.5 Å². The van der Waals surface area contributed by atoms with Gasteiger partial charge in [0.05, 0.1) is 5.69 Å². The van der Waals surface area contributed by atoms with Gasteiger partial charge in [0.15, 0.2) is 0 Å². The number of benzene rings is 1. The number of aldehydes is 1. The van der Waals surface area contributed by atoms with E-state index in [1.165, 1.54) is 12.1 Å². The number of hydrogen-bond donors (Lipinski definition) is 0. The molecule has 1 heterocycles. The first-order chi connectivity index (χ1) is 11.0. The summed E-state index contributed by atoms with van der Waals surface area (Å²) in [5.74, 6) is -0.218. The fourth-order valence-corrected chi connectivity index (χ4v) is 4.64. The molecule has 116 valence electrons. The van der Waals surface area contributed by atoms with Crippen LogP contribution in [0.25, 0.3) is 11.3 Å². The third-order valence-corrected chi connectivity index (χ3v) is 5.69. The van der Waals surface area contributed by atoms with E-state index in [4.69, 9.17) is 0 Å². The molecule has 0 radical (unpaired) electrons. The Morgan fingerprint density at radius 1 is 1.26 bits per heavy atom. The van der Waals surface area contributed by atoms with Gasteiger partial charge in [-0.3, -0.25) is 9.78 Å². The molecule has 4 heteroatoms. The molecule has 0 N–H and O–H groups in total. The molecule has 2 aromatic rings. The molecule has 4 rings (SSSR count). The second-order valence-corrected chi connectivity index (χ2v) is 6.77. The van der Waals surface area contributed by atoms with Crippen molar-refractivity contribution >= 4 is 12.1 Å². The Hall–Kier alpha value is -2.36. The Balaban J connectivity index is 2.14. The summed E-state index contributed by atoms with van der Waals surface area (Å²) >= 11 is 0. The zero-order valence-corrected chi connectivity index (χ0v) is 12.8. The molecule has 3 nitrogen and oxygen atoms in total. The second kappa shape index (κ2) is 4.57. The lowest BCUT2D eigenvalue weighted by Crippen LogP contribution is -2.46. The van der Waals surface area contributed by atoms with Crippen LogP contribution < -0.4 is 0 Å². The van der Waals surface area contributed by atoms with Crippen molar-refractivity contribution in [2.75, 3.05) is 0 Å². The average molecular weight is 309 g/mol. The van der Waals surface area contributed by atoms with Crippen LogP contribution in [0.3, 0.4) is 0 Å². The molecule has 1 fully saturated rings. The van der Waals surface area contributed by atoms with Crippen LogP contribution in [0.1, 0.15) is 37.3 Å². The van der Waals surface area contributed by atoms with Crippen LogP contribution in [0.2, 0.25) is 0 Å². The van der Waals surface area contributed by atoms with Gasteiger partial charge in [0, 0.05) is 41.9 Å². The summed E-state index contributed by atoms with van der Waals surface area (Å²) in [5, 5.41) is 0.